The smallest absolute Gasteiger partial charge is 0.0762 e. The van der Waals surface area contributed by atoms with E-state index in [9.17, 15) is 5.11 Å². The van der Waals surface area contributed by atoms with E-state index in [4.69, 9.17) is 0 Å². The van der Waals surface area contributed by atoms with Crippen molar-refractivity contribution in [3.05, 3.63) is 28.2 Å². The standard InChI is InChI=1S/C14H22BrNOS/c1-5-12(9-18-4)16(3)14-7-6-11(10(2)17)8-13(14)15/h6-8,10,12,17H,5,9H2,1-4H3/t10-,12?/m1/s1. The minimum atomic E-state index is -0.422. The van der Waals surface area contributed by atoms with Crippen molar-refractivity contribution in [3.63, 3.8) is 0 Å². The van der Waals surface area contributed by atoms with Gasteiger partial charge in [0.1, 0.15) is 0 Å². The molecule has 0 radical (unpaired) electrons. The lowest BCUT2D eigenvalue weighted by atomic mass is 10.1. The lowest BCUT2D eigenvalue weighted by Crippen LogP contribution is -2.33. The van der Waals surface area contributed by atoms with Crippen LogP contribution in [0.15, 0.2) is 22.7 Å². The summed E-state index contributed by atoms with van der Waals surface area (Å²) in [7, 11) is 2.13. The van der Waals surface area contributed by atoms with Crippen molar-refractivity contribution in [3.8, 4) is 0 Å². The quantitative estimate of drug-likeness (QED) is 0.849. The molecule has 0 spiro atoms. The Morgan fingerprint density at radius 1 is 1.44 bits per heavy atom. The molecule has 2 nitrogen and oxygen atoms in total. The molecule has 0 aromatic heterocycles. The van der Waals surface area contributed by atoms with Gasteiger partial charge in [0, 0.05) is 23.3 Å². The first-order valence-corrected chi connectivity index (χ1v) is 8.39. The van der Waals surface area contributed by atoms with Crippen LogP contribution in [0.25, 0.3) is 0 Å². The molecule has 0 amide bonds. The van der Waals surface area contributed by atoms with E-state index >= 15 is 0 Å². The first-order chi connectivity index (χ1) is 8.51. The molecule has 1 rings (SSSR count). The lowest BCUT2D eigenvalue weighted by Gasteiger charge is -2.30. The van der Waals surface area contributed by atoms with Gasteiger partial charge in [-0.25, -0.2) is 0 Å². The minimum absolute atomic E-state index is 0.422. The Balaban J connectivity index is 2.95. The monoisotopic (exact) mass is 331 g/mol. The van der Waals surface area contributed by atoms with Crippen molar-refractivity contribution in [1.29, 1.82) is 0 Å². The Morgan fingerprint density at radius 2 is 2.11 bits per heavy atom. The molecule has 0 bridgehead atoms. The zero-order valence-corrected chi connectivity index (χ0v) is 13.9. The maximum Gasteiger partial charge on any atom is 0.0762 e. The highest BCUT2D eigenvalue weighted by atomic mass is 79.9. The van der Waals surface area contributed by atoms with Gasteiger partial charge < -0.3 is 10.0 Å². The normalized spacial score (nSPS) is 14.3. The average molecular weight is 332 g/mol. The van der Waals surface area contributed by atoms with Crippen LogP contribution < -0.4 is 4.90 Å². The maximum absolute atomic E-state index is 9.58. The summed E-state index contributed by atoms with van der Waals surface area (Å²) < 4.78 is 1.04. The molecule has 0 aliphatic carbocycles. The SMILES string of the molecule is CCC(CSC)N(C)c1ccc([C@@H](C)O)cc1Br. The van der Waals surface area contributed by atoms with Gasteiger partial charge in [0.05, 0.1) is 11.8 Å². The number of rotatable bonds is 6. The highest BCUT2D eigenvalue weighted by Gasteiger charge is 2.15. The maximum atomic E-state index is 9.58. The highest BCUT2D eigenvalue weighted by molar-refractivity contribution is 9.10. The average Bonchev–Trinajstić information content (AvgIpc) is 2.34. The van der Waals surface area contributed by atoms with E-state index in [0.29, 0.717) is 6.04 Å². The number of halogens is 1. The Bertz CT molecular complexity index is 384. The third-order valence-electron chi connectivity index (χ3n) is 3.21. The molecular formula is C14H22BrNOS. The van der Waals surface area contributed by atoms with Gasteiger partial charge >= 0.3 is 0 Å². The van der Waals surface area contributed by atoms with Crippen molar-refractivity contribution in [2.45, 2.75) is 32.4 Å². The Hall–Kier alpha value is -0.190. The molecule has 102 valence electrons. The molecule has 0 aliphatic rings. The van der Waals surface area contributed by atoms with Crippen LogP contribution in [0, 0.1) is 0 Å². The second kappa shape index (κ2) is 7.41. The van der Waals surface area contributed by atoms with Gasteiger partial charge in [0.2, 0.25) is 0 Å². The number of anilines is 1. The second-order valence-corrected chi connectivity index (χ2v) is 6.28. The van der Waals surface area contributed by atoms with Gasteiger partial charge in [-0.2, -0.15) is 11.8 Å². The van der Waals surface area contributed by atoms with Crippen LogP contribution >= 0.6 is 27.7 Å². The Labute approximate surface area is 123 Å². The molecule has 1 N–H and O–H groups in total. The summed E-state index contributed by atoms with van der Waals surface area (Å²) in [6.45, 7) is 4.00. The van der Waals surface area contributed by atoms with Gasteiger partial charge in [-0.15, -0.1) is 0 Å². The van der Waals surface area contributed by atoms with Crippen LogP contribution in [-0.4, -0.2) is 30.2 Å². The largest absolute Gasteiger partial charge is 0.389 e. The number of benzene rings is 1. The van der Waals surface area contributed by atoms with Crippen LogP contribution in [0.5, 0.6) is 0 Å². The Morgan fingerprint density at radius 3 is 2.56 bits per heavy atom. The fourth-order valence-electron chi connectivity index (χ4n) is 1.96. The zero-order valence-electron chi connectivity index (χ0n) is 11.5. The molecular weight excluding hydrogens is 310 g/mol. The Kier molecular flexibility index (Phi) is 6.53. The van der Waals surface area contributed by atoms with E-state index in [1.54, 1.807) is 6.92 Å². The molecule has 1 aromatic rings. The van der Waals surface area contributed by atoms with E-state index in [2.05, 4.69) is 47.1 Å². The number of nitrogens with zero attached hydrogens (tertiary/aromatic N) is 1. The molecule has 0 fully saturated rings. The number of thioether (sulfide) groups is 1. The topological polar surface area (TPSA) is 23.5 Å². The predicted molar refractivity (Wildman–Crippen MR) is 85.6 cm³/mol. The fourth-order valence-corrected chi connectivity index (χ4v) is 3.48. The van der Waals surface area contributed by atoms with Gasteiger partial charge in [0.15, 0.2) is 0 Å². The zero-order chi connectivity index (χ0) is 13.7. The van der Waals surface area contributed by atoms with E-state index in [-0.39, 0.29) is 0 Å². The summed E-state index contributed by atoms with van der Waals surface area (Å²) in [5, 5.41) is 9.58. The first kappa shape index (κ1) is 15.9. The third-order valence-corrected chi connectivity index (χ3v) is 4.57. The lowest BCUT2D eigenvalue weighted by molar-refractivity contribution is 0.199. The predicted octanol–water partition coefficient (Wildman–Crippen LogP) is 4.08. The molecule has 0 saturated carbocycles. The number of hydrogen-bond donors (Lipinski definition) is 1. The van der Waals surface area contributed by atoms with Crippen molar-refractivity contribution >= 4 is 33.4 Å². The highest BCUT2D eigenvalue weighted by Crippen LogP contribution is 2.30. The number of hydrogen-bond acceptors (Lipinski definition) is 3. The van der Waals surface area contributed by atoms with Crippen molar-refractivity contribution < 1.29 is 5.11 Å². The molecule has 18 heavy (non-hydrogen) atoms. The molecule has 0 heterocycles. The fraction of sp³-hybridized carbons (Fsp3) is 0.571. The minimum Gasteiger partial charge on any atom is -0.389 e. The van der Waals surface area contributed by atoms with E-state index in [1.165, 1.54) is 5.69 Å². The number of aliphatic hydroxyl groups is 1. The van der Waals surface area contributed by atoms with Crippen LogP contribution in [0.3, 0.4) is 0 Å². The van der Waals surface area contributed by atoms with E-state index in [1.807, 2.05) is 23.9 Å². The van der Waals surface area contributed by atoms with Gasteiger partial charge in [-0.3, -0.25) is 0 Å². The van der Waals surface area contributed by atoms with E-state index < -0.39 is 6.10 Å². The molecule has 0 saturated heterocycles. The summed E-state index contributed by atoms with van der Waals surface area (Å²) in [6.07, 6.45) is 2.85. The summed E-state index contributed by atoms with van der Waals surface area (Å²) in [5.41, 5.74) is 2.12. The number of aliphatic hydroxyl groups excluding tert-OH is 1. The summed E-state index contributed by atoms with van der Waals surface area (Å²) in [5.74, 6) is 1.12. The van der Waals surface area contributed by atoms with Crippen molar-refractivity contribution in [1.82, 2.24) is 0 Å². The van der Waals surface area contributed by atoms with Crippen molar-refractivity contribution in [2.75, 3.05) is 24.0 Å². The first-order valence-electron chi connectivity index (χ1n) is 6.20. The molecule has 0 aliphatic heterocycles. The van der Waals surface area contributed by atoms with Crippen LogP contribution in [0.2, 0.25) is 0 Å². The molecule has 4 heteroatoms. The van der Waals surface area contributed by atoms with E-state index in [0.717, 1.165) is 22.2 Å². The van der Waals surface area contributed by atoms with Crippen molar-refractivity contribution in [2.24, 2.45) is 0 Å². The van der Waals surface area contributed by atoms with Crippen LogP contribution in [0.1, 0.15) is 31.9 Å². The molecule has 1 unspecified atom stereocenters. The van der Waals surface area contributed by atoms with Gasteiger partial charge in [-0.1, -0.05) is 13.0 Å². The summed E-state index contributed by atoms with van der Waals surface area (Å²) >= 11 is 5.48. The van der Waals surface area contributed by atoms with Crippen LogP contribution in [-0.2, 0) is 0 Å². The van der Waals surface area contributed by atoms with Crippen LogP contribution in [0.4, 0.5) is 5.69 Å². The summed E-state index contributed by atoms with van der Waals surface area (Å²) in [6, 6.07) is 6.61. The molecule has 2 atom stereocenters. The summed E-state index contributed by atoms with van der Waals surface area (Å²) in [4.78, 5) is 2.31. The third kappa shape index (κ3) is 3.90. The van der Waals surface area contributed by atoms with Gasteiger partial charge in [0.25, 0.3) is 0 Å². The second-order valence-electron chi connectivity index (χ2n) is 4.52. The molecule has 1 aromatic carbocycles. The van der Waals surface area contributed by atoms with Gasteiger partial charge in [-0.05, 0) is 53.2 Å².